The van der Waals surface area contributed by atoms with Crippen molar-refractivity contribution < 1.29 is 9.47 Å². The van der Waals surface area contributed by atoms with Crippen LogP contribution in [0.25, 0.3) is 0 Å². The van der Waals surface area contributed by atoms with Gasteiger partial charge < -0.3 is 15.2 Å². The summed E-state index contributed by atoms with van der Waals surface area (Å²) in [5.41, 5.74) is 8.91. The number of methoxy groups -OCH3 is 2. The molecule has 1 fully saturated rings. The van der Waals surface area contributed by atoms with Crippen molar-refractivity contribution in [1.82, 2.24) is 4.90 Å². The average Bonchev–Trinajstić information content (AvgIpc) is 2.95. The molecule has 0 aromatic heterocycles. The number of ether oxygens (including phenoxy) is 2. The van der Waals surface area contributed by atoms with Gasteiger partial charge in [-0.1, -0.05) is 36.4 Å². The number of nitrogens with two attached hydrogens (primary N) is 1. The zero-order valence-corrected chi connectivity index (χ0v) is 13.7. The van der Waals surface area contributed by atoms with E-state index < -0.39 is 0 Å². The SMILES string of the molecule is COc1ccc(CN2C[C@@H](N)[C@H](c3ccccc3)C2)cc1OC. The lowest BCUT2D eigenvalue weighted by Crippen LogP contribution is -2.28. The van der Waals surface area contributed by atoms with Crippen LogP contribution >= 0.6 is 0 Å². The Bertz CT molecular complexity index is 645. The molecule has 0 radical (unpaired) electrons. The number of benzene rings is 2. The van der Waals surface area contributed by atoms with Crippen LogP contribution < -0.4 is 15.2 Å². The van der Waals surface area contributed by atoms with Gasteiger partial charge in [-0.3, -0.25) is 4.90 Å². The largest absolute Gasteiger partial charge is 0.493 e. The van der Waals surface area contributed by atoms with Crippen molar-refractivity contribution >= 4 is 0 Å². The molecule has 23 heavy (non-hydrogen) atoms. The maximum absolute atomic E-state index is 6.37. The summed E-state index contributed by atoms with van der Waals surface area (Å²) < 4.78 is 10.7. The molecule has 0 saturated carbocycles. The first-order chi connectivity index (χ1) is 11.2. The van der Waals surface area contributed by atoms with E-state index in [2.05, 4.69) is 35.2 Å². The minimum atomic E-state index is 0.178. The Kier molecular flexibility index (Phi) is 4.84. The van der Waals surface area contributed by atoms with Gasteiger partial charge in [-0.15, -0.1) is 0 Å². The molecular formula is C19H24N2O2. The molecule has 2 N–H and O–H groups in total. The monoisotopic (exact) mass is 312 g/mol. The number of nitrogens with zero attached hydrogens (tertiary/aromatic N) is 1. The second-order valence-corrected chi connectivity index (χ2v) is 6.06. The lowest BCUT2D eigenvalue weighted by molar-refractivity contribution is 0.320. The Morgan fingerprint density at radius 1 is 1.00 bits per heavy atom. The molecule has 122 valence electrons. The molecule has 1 aliphatic heterocycles. The topological polar surface area (TPSA) is 47.7 Å². The smallest absolute Gasteiger partial charge is 0.161 e. The van der Waals surface area contributed by atoms with Gasteiger partial charge in [0.2, 0.25) is 0 Å². The Morgan fingerprint density at radius 3 is 2.43 bits per heavy atom. The van der Waals surface area contributed by atoms with E-state index in [9.17, 15) is 0 Å². The van der Waals surface area contributed by atoms with Crippen LogP contribution in [0.15, 0.2) is 48.5 Å². The quantitative estimate of drug-likeness (QED) is 0.922. The molecule has 1 saturated heterocycles. The molecule has 4 nitrogen and oxygen atoms in total. The highest BCUT2D eigenvalue weighted by Crippen LogP contribution is 2.30. The van der Waals surface area contributed by atoms with E-state index in [0.717, 1.165) is 31.1 Å². The summed E-state index contributed by atoms with van der Waals surface area (Å²) in [4.78, 5) is 2.41. The van der Waals surface area contributed by atoms with E-state index in [1.807, 2.05) is 18.2 Å². The highest BCUT2D eigenvalue weighted by atomic mass is 16.5. The maximum atomic E-state index is 6.37. The van der Waals surface area contributed by atoms with E-state index in [1.54, 1.807) is 14.2 Å². The third kappa shape index (κ3) is 3.49. The van der Waals surface area contributed by atoms with Crippen molar-refractivity contribution in [2.45, 2.75) is 18.5 Å². The molecule has 2 atom stereocenters. The molecule has 0 unspecified atom stereocenters. The van der Waals surface area contributed by atoms with Crippen molar-refractivity contribution in [1.29, 1.82) is 0 Å². The van der Waals surface area contributed by atoms with Gasteiger partial charge in [-0.05, 0) is 23.3 Å². The van der Waals surface area contributed by atoms with Crippen LogP contribution in [0, 0.1) is 0 Å². The summed E-state index contributed by atoms with van der Waals surface area (Å²) in [7, 11) is 3.32. The summed E-state index contributed by atoms with van der Waals surface area (Å²) >= 11 is 0. The maximum Gasteiger partial charge on any atom is 0.161 e. The molecular weight excluding hydrogens is 288 g/mol. The van der Waals surface area contributed by atoms with Crippen molar-refractivity contribution in [3.05, 3.63) is 59.7 Å². The van der Waals surface area contributed by atoms with E-state index in [-0.39, 0.29) is 6.04 Å². The normalized spacial score (nSPS) is 21.3. The molecule has 2 aromatic carbocycles. The lowest BCUT2D eigenvalue weighted by Gasteiger charge is -2.17. The Hall–Kier alpha value is -2.04. The summed E-state index contributed by atoms with van der Waals surface area (Å²) in [6.07, 6.45) is 0. The highest BCUT2D eigenvalue weighted by molar-refractivity contribution is 5.43. The molecule has 1 heterocycles. The van der Waals surface area contributed by atoms with Gasteiger partial charge in [0.25, 0.3) is 0 Å². The van der Waals surface area contributed by atoms with Crippen LogP contribution in [0.1, 0.15) is 17.0 Å². The van der Waals surface area contributed by atoms with Gasteiger partial charge in [0.05, 0.1) is 14.2 Å². The summed E-state index contributed by atoms with van der Waals surface area (Å²) in [6, 6.07) is 16.8. The van der Waals surface area contributed by atoms with Crippen LogP contribution in [0.4, 0.5) is 0 Å². The molecule has 1 aliphatic rings. The van der Waals surface area contributed by atoms with Crippen LogP contribution in [0.3, 0.4) is 0 Å². The average molecular weight is 312 g/mol. The lowest BCUT2D eigenvalue weighted by atomic mass is 9.95. The van der Waals surface area contributed by atoms with Crippen LogP contribution in [0.5, 0.6) is 11.5 Å². The molecule has 0 aliphatic carbocycles. The predicted octanol–water partition coefficient (Wildman–Crippen LogP) is 2.63. The van der Waals surface area contributed by atoms with Crippen LogP contribution in [-0.4, -0.2) is 38.3 Å². The Balaban J connectivity index is 1.70. The first-order valence-corrected chi connectivity index (χ1v) is 7.95. The van der Waals surface area contributed by atoms with Crippen molar-refractivity contribution in [2.24, 2.45) is 5.73 Å². The van der Waals surface area contributed by atoms with E-state index >= 15 is 0 Å². The fourth-order valence-corrected chi connectivity index (χ4v) is 3.33. The molecule has 3 rings (SSSR count). The third-order valence-electron chi connectivity index (χ3n) is 4.52. The van der Waals surface area contributed by atoms with Crippen molar-refractivity contribution in [3.8, 4) is 11.5 Å². The summed E-state index contributed by atoms with van der Waals surface area (Å²) in [5, 5.41) is 0. The highest BCUT2D eigenvalue weighted by Gasteiger charge is 2.31. The van der Waals surface area contributed by atoms with E-state index in [0.29, 0.717) is 5.92 Å². The Morgan fingerprint density at radius 2 is 1.74 bits per heavy atom. The molecule has 0 amide bonds. The number of likely N-dealkylation sites (tertiary alicyclic amines) is 1. The first kappa shape index (κ1) is 15.8. The van der Waals surface area contributed by atoms with Gasteiger partial charge in [0, 0.05) is 31.6 Å². The molecule has 0 spiro atoms. The molecule has 4 heteroatoms. The van der Waals surface area contributed by atoms with Gasteiger partial charge in [-0.2, -0.15) is 0 Å². The van der Waals surface area contributed by atoms with E-state index in [1.165, 1.54) is 11.1 Å². The second-order valence-electron chi connectivity index (χ2n) is 6.06. The third-order valence-corrected chi connectivity index (χ3v) is 4.52. The zero-order valence-electron chi connectivity index (χ0n) is 13.7. The second kappa shape index (κ2) is 7.02. The Labute approximate surface area is 137 Å². The van der Waals surface area contributed by atoms with Crippen molar-refractivity contribution in [3.63, 3.8) is 0 Å². The fourth-order valence-electron chi connectivity index (χ4n) is 3.33. The van der Waals surface area contributed by atoms with Gasteiger partial charge in [0.1, 0.15) is 0 Å². The standard InChI is InChI=1S/C19H24N2O2/c1-22-18-9-8-14(10-19(18)23-2)11-21-12-16(17(20)13-21)15-6-4-3-5-7-15/h3-10,16-17H,11-13,20H2,1-2H3/t16-,17+/m0/s1. The minimum absolute atomic E-state index is 0.178. The van der Waals surface area contributed by atoms with Gasteiger partial charge >= 0.3 is 0 Å². The first-order valence-electron chi connectivity index (χ1n) is 7.95. The summed E-state index contributed by atoms with van der Waals surface area (Å²) in [5.74, 6) is 1.93. The number of hydrogen-bond acceptors (Lipinski definition) is 4. The van der Waals surface area contributed by atoms with Crippen LogP contribution in [0.2, 0.25) is 0 Å². The van der Waals surface area contributed by atoms with Crippen molar-refractivity contribution in [2.75, 3.05) is 27.3 Å². The fraction of sp³-hybridized carbons (Fsp3) is 0.368. The van der Waals surface area contributed by atoms with Gasteiger partial charge in [0.15, 0.2) is 11.5 Å². The zero-order chi connectivity index (χ0) is 16.2. The van der Waals surface area contributed by atoms with E-state index in [4.69, 9.17) is 15.2 Å². The number of rotatable bonds is 5. The summed E-state index contributed by atoms with van der Waals surface area (Å²) in [6.45, 7) is 2.77. The predicted molar refractivity (Wildman–Crippen MR) is 92.0 cm³/mol. The minimum Gasteiger partial charge on any atom is -0.493 e. The number of hydrogen-bond donors (Lipinski definition) is 1. The van der Waals surface area contributed by atoms with Crippen LogP contribution in [-0.2, 0) is 6.54 Å². The van der Waals surface area contributed by atoms with Gasteiger partial charge in [-0.25, -0.2) is 0 Å². The molecule has 0 bridgehead atoms. The molecule has 2 aromatic rings.